The summed E-state index contributed by atoms with van der Waals surface area (Å²) >= 11 is 1.50. The molecule has 1 aromatic heterocycles. The van der Waals surface area contributed by atoms with Crippen molar-refractivity contribution in [1.82, 2.24) is 20.1 Å². The molecule has 132 valence electrons. The van der Waals surface area contributed by atoms with Crippen molar-refractivity contribution in [3.8, 4) is 0 Å². The fourth-order valence-electron chi connectivity index (χ4n) is 3.79. The lowest BCUT2D eigenvalue weighted by Gasteiger charge is -2.49. The molecule has 1 spiro atoms. The van der Waals surface area contributed by atoms with Crippen molar-refractivity contribution in [3.63, 3.8) is 0 Å². The molecule has 2 amide bonds. The Balaban J connectivity index is 1.82. The Kier molecular flexibility index (Phi) is 4.92. The molecule has 0 bridgehead atoms. The maximum Gasteiger partial charge on any atom is 0.265 e. The maximum absolute atomic E-state index is 13.1. The summed E-state index contributed by atoms with van der Waals surface area (Å²) in [5, 5.41) is 3.90. The number of likely N-dealkylation sites (N-methyl/N-ethyl adjacent to an activating group) is 1. The normalized spacial score (nSPS) is 25.6. The van der Waals surface area contributed by atoms with Gasteiger partial charge in [-0.3, -0.25) is 14.5 Å². The van der Waals surface area contributed by atoms with Crippen LogP contribution in [-0.4, -0.2) is 65.4 Å². The molecule has 2 aliphatic rings. The Hall–Kier alpha value is -1.47. The fraction of sp³-hybridized carbons (Fsp3) is 0.706. The van der Waals surface area contributed by atoms with Crippen molar-refractivity contribution in [2.24, 2.45) is 0 Å². The predicted molar refractivity (Wildman–Crippen MR) is 94.4 cm³/mol. The van der Waals surface area contributed by atoms with E-state index in [1.807, 2.05) is 18.7 Å². The molecule has 1 N–H and O–H groups in total. The lowest BCUT2D eigenvalue weighted by Crippen LogP contribution is -2.62. The van der Waals surface area contributed by atoms with E-state index in [1.54, 1.807) is 0 Å². The van der Waals surface area contributed by atoms with E-state index >= 15 is 0 Å². The molecule has 24 heavy (non-hydrogen) atoms. The zero-order chi connectivity index (χ0) is 17.3. The van der Waals surface area contributed by atoms with Crippen LogP contribution in [0.25, 0.3) is 0 Å². The standard InChI is InChI=1S/C17H26N4O2S/c1-4-13-15(24-12(2)19-13)16(23)21-10-9-20(3)17(11-21)6-5-14(22)18-8-7-17/h4-11H2,1-3H3,(H,18,22). The Morgan fingerprint density at radius 3 is 2.92 bits per heavy atom. The van der Waals surface area contributed by atoms with Gasteiger partial charge in [0.15, 0.2) is 0 Å². The summed E-state index contributed by atoms with van der Waals surface area (Å²) < 4.78 is 0. The number of rotatable bonds is 2. The van der Waals surface area contributed by atoms with Crippen LogP contribution < -0.4 is 5.32 Å². The molecule has 1 unspecified atom stereocenters. The van der Waals surface area contributed by atoms with Crippen LogP contribution >= 0.6 is 11.3 Å². The molecule has 1 aromatic rings. The summed E-state index contributed by atoms with van der Waals surface area (Å²) in [7, 11) is 2.12. The number of thiazole rings is 1. The smallest absolute Gasteiger partial charge is 0.265 e. The average Bonchev–Trinajstić information content (AvgIpc) is 2.85. The number of nitrogens with zero attached hydrogens (tertiary/aromatic N) is 3. The zero-order valence-electron chi connectivity index (χ0n) is 14.7. The van der Waals surface area contributed by atoms with Crippen molar-refractivity contribution >= 4 is 23.2 Å². The predicted octanol–water partition coefficient (Wildman–Crippen LogP) is 1.44. The number of hydrogen-bond acceptors (Lipinski definition) is 5. The molecule has 0 radical (unpaired) electrons. The number of aryl methyl sites for hydroxylation is 2. The van der Waals surface area contributed by atoms with Gasteiger partial charge in [-0.15, -0.1) is 11.3 Å². The highest BCUT2D eigenvalue weighted by Crippen LogP contribution is 2.32. The monoisotopic (exact) mass is 350 g/mol. The molecule has 2 saturated heterocycles. The van der Waals surface area contributed by atoms with Crippen LogP contribution in [0.3, 0.4) is 0 Å². The minimum absolute atomic E-state index is 0.0980. The van der Waals surface area contributed by atoms with Gasteiger partial charge >= 0.3 is 0 Å². The minimum Gasteiger partial charge on any atom is -0.356 e. The zero-order valence-corrected chi connectivity index (χ0v) is 15.5. The van der Waals surface area contributed by atoms with Crippen molar-refractivity contribution in [3.05, 3.63) is 15.6 Å². The second-order valence-corrected chi connectivity index (χ2v) is 8.04. The first kappa shape index (κ1) is 17.4. The summed E-state index contributed by atoms with van der Waals surface area (Å²) in [6.07, 6.45) is 3.01. The van der Waals surface area contributed by atoms with Gasteiger partial charge in [-0.25, -0.2) is 4.98 Å². The second kappa shape index (κ2) is 6.80. The van der Waals surface area contributed by atoms with Crippen molar-refractivity contribution in [1.29, 1.82) is 0 Å². The summed E-state index contributed by atoms with van der Waals surface area (Å²) in [5.41, 5.74) is 0.812. The molecule has 2 fully saturated rings. The minimum atomic E-state index is -0.0980. The number of piperazine rings is 1. The fourth-order valence-corrected chi connectivity index (χ4v) is 4.77. The van der Waals surface area contributed by atoms with E-state index in [2.05, 4.69) is 22.2 Å². The summed E-state index contributed by atoms with van der Waals surface area (Å²) in [5.74, 6) is 0.225. The van der Waals surface area contributed by atoms with Crippen LogP contribution in [0.4, 0.5) is 0 Å². The lowest BCUT2D eigenvalue weighted by molar-refractivity contribution is -0.121. The van der Waals surface area contributed by atoms with E-state index in [0.29, 0.717) is 19.5 Å². The topological polar surface area (TPSA) is 65.5 Å². The van der Waals surface area contributed by atoms with Crippen LogP contribution in [0, 0.1) is 6.92 Å². The van der Waals surface area contributed by atoms with Gasteiger partial charge in [0.25, 0.3) is 5.91 Å². The van der Waals surface area contributed by atoms with Crippen LogP contribution in [0.15, 0.2) is 0 Å². The van der Waals surface area contributed by atoms with Gasteiger partial charge in [-0.1, -0.05) is 6.92 Å². The highest BCUT2D eigenvalue weighted by Gasteiger charge is 2.42. The van der Waals surface area contributed by atoms with Crippen LogP contribution in [0.5, 0.6) is 0 Å². The van der Waals surface area contributed by atoms with Gasteiger partial charge in [-0.2, -0.15) is 0 Å². The summed E-state index contributed by atoms with van der Waals surface area (Å²) in [6.45, 7) is 6.95. The Morgan fingerprint density at radius 1 is 1.38 bits per heavy atom. The number of amides is 2. The number of nitrogens with one attached hydrogen (secondary N) is 1. The number of aromatic nitrogens is 1. The Labute approximate surface area is 147 Å². The van der Waals surface area contributed by atoms with E-state index in [-0.39, 0.29) is 17.4 Å². The quantitative estimate of drug-likeness (QED) is 0.877. The van der Waals surface area contributed by atoms with Gasteiger partial charge in [0.1, 0.15) is 4.88 Å². The van der Waals surface area contributed by atoms with Gasteiger partial charge < -0.3 is 10.2 Å². The molecule has 1 atom stereocenters. The number of carbonyl (C=O) groups excluding carboxylic acids is 2. The molecular weight excluding hydrogens is 324 g/mol. The number of hydrogen-bond donors (Lipinski definition) is 1. The largest absolute Gasteiger partial charge is 0.356 e. The van der Waals surface area contributed by atoms with E-state index in [0.717, 1.165) is 47.9 Å². The SMILES string of the molecule is CCc1nc(C)sc1C(=O)N1CCN(C)C2(CCNC(=O)CC2)C1. The van der Waals surface area contributed by atoms with Gasteiger partial charge in [-0.05, 0) is 33.2 Å². The number of carbonyl (C=O) groups is 2. The van der Waals surface area contributed by atoms with E-state index in [4.69, 9.17) is 0 Å². The maximum atomic E-state index is 13.1. The third-order valence-electron chi connectivity index (χ3n) is 5.35. The van der Waals surface area contributed by atoms with E-state index < -0.39 is 0 Å². The average molecular weight is 350 g/mol. The van der Waals surface area contributed by atoms with Gasteiger partial charge in [0.2, 0.25) is 5.91 Å². The second-order valence-electron chi connectivity index (χ2n) is 6.83. The molecule has 7 heteroatoms. The van der Waals surface area contributed by atoms with E-state index in [1.165, 1.54) is 11.3 Å². The molecule has 2 aliphatic heterocycles. The summed E-state index contributed by atoms with van der Waals surface area (Å²) in [4.78, 5) is 34.4. The van der Waals surface area contributed by atoms with Crippen LogP contribution in [-0.2, 0) is 11.2 Å². The Morgan fingerprint density at radius 2 is 2.17 bits per heavy atom. The Bertz CT molecular complexity index is 645. The molecule has 3 rings (SSSR count). The first-order chi connectivity index (χ1) is 11.4. The van der Waals surface area contributed by atoms with Gasteiger partial charge in [0, 0.05) is 38.1 Å². The highest BCUT2D eigenvalue weighted by atomic mass is 32.1. The van der Waals surface area contributed by atoms with Crippen LogP contribution in [0.1, 0.15) is 46.6 Å². The summed E-state index contributed by atoms with van der Waals surface area (Å²) in [6, 6.07) is 0. The third-order valence-corrected chi connectivity index (χ3v) is 6.35. The molecule has 0 saturated carbocycles. The molecular formula is C17H26N4O2S. The van der Waals surface area contributed by atoms with Crippen molar-refractivity contribution < 1.29 is 9.59 Å². The molecule has 0 aliphatic carbocycles. The molecule has 6 nitrogen and oxygen atoms in total. The van der Waals surface area contributed by atoms with Gasteiger partial charge in [0.05, 0.1) is 10.7 Å². The lowest BCUT2D eigenvalue weighted by atomic mass is 9.86. The highest BCUT2D eigenvalue weighted by molar-refractivity contribution is 7.13. The molecule has 3 heterocycles. The van der Waals surface area contributed by atoms with Crippen molar-refractivity contribution in [2.75, 3.05) is 33.2 Å². The first-order valence-electron chi connectivity index (χ1n) is 8.69. The van der Waals surface area contributed by atoms with Crippen LogP contribution in [0.2, 0.25) is 0 Å². The van der Waals surface area contributed by atoms with E-state index in [9.17, 15) is 9.59 Å². The third kappa shape index (κ3) is 3.19. The first-order valence-corrected chi connectivity index (χ1v) is 9.50. The molecule has 0 aromatic carbocycles. The van der Waals surface area contributed by atoms with Crippen molar-refractivity contribution in [2.45, 2.75) is 45.1 Å².